The van der Waals surface area contributed by atoms with Gasteiger partial charge in [-0.25, -0.2) is 9.97 Å². The molecular formula is C35H43ClN6O2. The van der Waals surface area contributed by atoms with Gasteiger partial charge in [0.2, 0.25) is 0 Å². The predicted octanol–water partition coefficient (Wildman–Crippen LogP) is 6.22. The number of halogens is 1. The average molecular weight is 615 g/mol. The maximum atomic E-state index is 13.8. The highest BCUT2D eigenvalue weighted by molar-refractivity contribution is 6.32. The second kappa shape index (κ2) is 12.5. The van der Waals surface area contributed by atoms with Gasteiger partial charge in [-0.1, -0.05) is 29.8 Å². The van der Waals surface area contributed by atoms with Gasteiger partial charge < -0.3 is 19.1 Å². The zero-order valence-corrected chi connectivity index (χ0v) is 27.5. The molecule has 232 valence electrons. The fourth-order valence-electron chi connectivity index (χ4n) is 6.83. The van der Waals surface area contributed by atoms with Crippen LogP contribution in [0.25, 0.3) is 22.0 Å². The highest BCUT2D eigenvalue weighted by Gasteiger charge is 2.32. The van der Waals surface area contributed by atoms with Gasteiger partial charge in [0.05, 0.1) is 18.7 Å². The number of aromatic nitrogens is 3. The number of ether oxygens (including phenoxy) is 1. The number of fused-ring (bicyclic) bond motifs is 3. The number of carbonyl (C=O) groups is 1. The van der Waals surface area contributed by atoms with Crippen LogP contribution in [0.1, 0.15) is 58.2 Å². The molecule has 0 radical (unpaired) electrons. The number of amides is 1. The zero-order chi connectivity index (χ0) is 31.1. The summed E-state index contributed by atoms with van der Waals surface area (Å²) in [5, 5.41) is 1.84. The Morgan fingerprint density at radius 3 is 2.34 bits per heavy atom. The van der Waals surface area contributed by atoms with Crippen LogP contribution in [-0.4, -0.2) is 88.1 Å². The van der Waals surface area contributed by atoms with E-state index in [0.717, 1.165) is 106 Å². The van der Waals surface area contributed by atoms with Crippen molar-refractivity contribution in [3.8, 4) is 16.9 Å². The van der Waals surface area contributed by atoms with Crippen molar-refractivity contribution in [2.24, 2.45) is 0 Å². The number of carbonyl (C=O) groups excluding carboxylic acids is 1. The van der Waals surface area contributed by atoms with Crippen LogP contribution in [0.4, 0.5) is 0 Å². The third kappa shape index (κ3) is 5.95. The van der Waals surface area contributed by atoms with E-state index in [4.69, 9.17) is 26.3 Å². The van der Waals surface area contributed by atoms with Crippen LogP contribution in [0.3, 0.4) is 0 Å². The lowest BCUT2D eigenvalue weighted by Crippen LogP contribution is -2.44. The minimum Gasteiger partial charge on any atom is -0.494 e. The normalized spacial score (nSPS) is 17.8. The summed E-state index contributed by atoms with van der Waals surface area (Å²) in [7, 11) is 2.17. The predicted molar refractivity (Wildman–Crippen MR) is 177 cm³/mol. The maximum Gasteiger partial charge on any atom is 0.270 e. The second-order valence-corrected chi connectivity index (χ2v) is 13.0. The van der Waals surface area contributed by atoms with Crippen LogP contribution in [0, 0.1) is 27.7 Å². The van der Waals surface area contributed by atoms with E-state index in [1.54, 1.807) is 0 Å². The van der Waals surface area contributed by atoms with Crippen molar-refractivity contribution in [3.63, 3.8) is 0 Å². The first-order valence-electron chi connectivity index (χ1n) is 15.7. The molecule has 0 spiro atoms. The van der Waals surface area contributed by atoms with Crippen molar-refractivity contribution < 1.29 is 9.53 Å². The van der Waals surface area contributed by atoms with Gasteiger partial charge in [-0.2, -0.15) is 0 Å². The molecule has 0 N–H and O–H groups in total. The molecule has 1 fully saturated rings. The Balaban J connectivity index is 1.21. The van der Waals surface area contributed by atoms with Gasteiger partial charge in [-0.3, -0.25) is 9.69 Å². The molecule has 0 bridgehead atoms. The molecule has 4 heterocycles. The number of hydrogen-bond donors (Lipinski definition) is 0. The Hall–Kier alpha value is -3.46. The molecule has 4 aromatic rings. The first kappa shape index (κ1) is 30.6. The van der Waals surface area contributed by atoms with E-state index in [1.807, 2.05) is 36.9 Å². The van der Waals surface area contributed by atoms with Gasteiger partial charge in [0.15, 0.2) is 0 Å². The summed E-state index contributed by atoms with van der Waals surface area (Å²) in [5.41, 5.74) is 7.94. The fraction of sp³-hybridized carbons (Fsp3) is 0.457. The monoisotopic (exact) mass is 614 g/mol. The molecule has 0 aliphatic carbocycles. The standard InChI is InChI=1S/C35H43ClN6O2/c1-22-17-28(18-23(2)33(22)36)44-16-8-11-41-20-24(3)42-30(35(41)43)19-27-9-7-10-29(34(27)42)32-25(4)37-31(38-26(32)5)21-40-14-12-39(6)13-15-40/h7,9-10,17-19,24H,8,11-16,20-21H2,1-6H3. The maximum absolute atomic E-state index is 13.8. The van der Waals surface area contributed by atoms with E-state index in [0.29, 0.717) is 19.7 Å². The minimum absolute atomic E-state index is 0.0654. The van der Waals surface area contributed by atoms with Crippen LogP contribution in [0.2, 0.25) is 5.02 Å². The summed E-state index contributed by atoms with van der Waals surface area (Å²) in [6.07, 6.45) is 0.751. The fourth-order valence-corrected chi connectivity index (χ4v) is 6.94. The van der Waals surface area contributed by atoms with Crippen molar-refractivity contribution >= 4 is 28.4 Å². The van der Waals surface area contributed by atoms with Crippen LogP contribution < -0.4 is 4.74 Å². The SMILES string of the molecule is Cc1cc(OCCCN2CC(C)n3c(cc4cccc(-c5c(C)nc(CN6CCN(C)CC6)nc5C)c43)C2=O)cc(C)c1Cl. The van der Waals surface area contributed by atoms with Crippen molar-refractivity contribution in [1.29, 1.82) is 0 Å². The van der Waals surface area contributed by atoms with Gasteiger partial charge in [0, 0.05) is 78.2 Å². The lowest BCUT2D eigenvalue weighted by atomic mass is 10.00. The number of likely N-dealkylation sites (N-methyl/N-ethyl adjacent to an activating group) is 1. The number of hydrogen-bond acceptors (Lipinski definition) is 6. The summed E-state index contributed by atoms with van der Waals surface area (Å²) in [5.74, 6) is 1.76. The highest BCUT2D eigenvalue weighted by atomic mass is 35.5. The number of piperazine rings is 1. The smallest absolute Gasteiger partial charge is 0.270 e. The summed E-state index contributed by atoms with van der Waals surface area (Å²) in [6.45, 7) is 17.2. The Morgan fingerprint density at radius 2 is 1.66 bits per heavy atom. The molecule has 2 aliphatic heterocycles. The van der Waals surface area contributed by atoms with E-state index < -0.39 is 0 Å². The van der Waals surface area contributed by atoms with E-state index in [-0.39, 0.29) is 11.9 Å². The Morgan fingerprint density at radius 1 is 0.977 bits per heavy atom. The number of nitrogens with zero attached hydrogens (tertiary/aromatic N) is 6. The molecular weight excluding hydrogens is 572 g/mol. The van der Waals surface area contributed by atoms with Gasteiger partial charge in [0.25, 0.3) is 5.91 Å². The first-order valence-corrected chi connectivity index (χ1v) is 16.1. The molecule has 6 rings (SSSR count). The number of rotatable bonds is 8. The summed E-state index contributed by atoms with van der Waals surface area (Å²) in [4.78, 5) is 30.5. The van der Waals surface area contributed by atoms with Crippen molar-refractivity contribution in [3.05, 3.63) is 75.5 Å². The van der Waals surface area contributed by atoms with E-state index >= 15 is 0 Å². The molecule has 1 amide bonds. The largest absolute Gasteiger partial charge is 0.494 e. The number of benzene rings is 2. The summed E-state index contributed by atoms with van der Waals surface area (Å²) >= 11 is 6.30. The lowest BCUT2D eigenvalue weighted by molar-refractivity contribution is 0.0670. The molecule has 44 heavy (non-hydrogen) atoms. The highest BCUT2D eigenvalue weighted by Crippen LogP contribution is 2.38. The number of para-hydroxylation sites is 1. The van der Waals surface area contributed by atoms with Gasteiger partial charge in [-0.05, 0) is 77.4 Å². The van der Waals surface area contributed by atoms with Crippen LogP contribution in [0.5, 0.6) is 5.75 Å². The zero-order valence-electron chi connectivity index (χ0n) is 26.8. The van der Waals surface area contributed by atoms with Crippen molar-refractivity contribution in [2.45, 2.75) is 53.6 Å². The van der Waals surface area contributed by atoms with Gasteiger partial charge in [-0.15, -0.1) is 0 Å². The van der Waals surface area contributed by atoms with Crippen LogP contribution in [-0.2, 0) is 6.54 Å². The van der Waals surface area contributed by atoms with Gasteiger partial charge >= 0.3 is 0 Å². The molecule has 1 unspecified atom stereocenters. The Bertz CT molecular complexity index is 1660. The topological polar surface area (TPSA) is 66.7 Å². The Kier molecular flexibility index (Phi) is 8.68. The molecule has 2 aromatic heterocycles. The molecule has 1 saturated heterocycles. The second-order valence-electron chi connectivity index (χ2n) is 12.6. The van der Waals surface area contributed by atoms with Gasteiger partial charge in [0.1, 0.15) is 17.3 Å². The van der Waals surface area contributed by atoms with Crippen molar-refractivity contribution in [2.75, 3.05) is 52.9 Å². The molecule has 1 atom stereocenters. The van der Waals surface area contributed by atoms with E-state index in [9.17, 15) is 4.79 Å². The summed E-state index contributed by atoms with van der Waals surface area (Å²) in [6, 6.07) is 12.4. The van der Waals surface area contributed by atoms with Crippen LogP contribution >= 0.6 is 11.6 Å². The molecule has 2 aromatic carbocycles. The van der Waals surface area contributed by atoms with E-state index in [2.05, 4.69) is 60.4 Å². The first-order chi connectivity index (χ1) is 21.1. The Labute approximate surface area is 265 Å². The van der Waals surface area contributed by atoms with Crippen LogP contribution in [0.15, 0.2) is 36.4 Å². The lowest BCUT2D eigenvalue weighted by Gasteiger charge is -2.34. The third-order valence-corrected chi connectivity index (χ3v) is 9.69. The average Bonchev–Trinajstić information content (AvgIpc) is 3.39. The van der Waals surface area contributed by atoms with E-state index in [1.165, 1.54) is 0 Å². The molecule has 8 nitrogen and oxygen atoms in total. The van der Waals surface area contributed by atoms with Crippen molar-refractivity contribution in [1.82, 2.24) is 29.2 Å². The molecule has 2 aliphatic rings. The summed E-state index contributed by atoms with van der Waals surface area (Å²) < 4.78 is 8.25. The number of aryl methyl sites for hydroxylation is 4. The third-order valence-electron chi connectivity index (χ3n) is 9.09. The molecule has 9 heteroatoms. The minimum atomic E-state index is 0.0654. The molecule has 0 saturated carbocycles. The quantitative estimate of drug-likeness (QED) is 0.220.